The maximum absolute atomic E-state index is 3.48. The minimum atomic E-state index is 1.08. The van der Waals surface area contributed by atoms with Crippen LogP contribution in [-0.4, -0.2) is 0 Å². The maximum atomic E-state index is 3.48. The van der Waals surface area contributed by atoms with Crippen molar-refractivity contribution in [2.75, 3.05) is 0 Å². The van der Waals surface area contributed by atoms with Crippen molar-refractivity contribution in [3.63, 3.8) is 0 Å². The van der Waals surface area contributed by atoms with Gasteiger partial charge >= 0.3 is 0 Å². The second kappa shape index (κ2) is 173. The molecule has 0 aromatic carbocycles. The number of allylic oxidation sites excluding steroid dienone is 1. The summed E-state index contributed by atoms with van der Waals surface area (Å²) in [4.78, 5) is 0. The summed E-state index contributed by atoms with van der Waals surface area (Å²) in [5.41, 5.74) is 0. The Balaban J connectivity index is -0.0000000262. The van der Waals surface area contributed by atoms with Crippen molar-refractivity contribution in [3.8, 4) is 0 Å². The fourth-order valence-corrected chi connectivity index (χ4v) is 0. The molecule has 0 aliphatic carbocycles. The summed E-state index contributed by atoms with van der Waals surface area (Å²) in [6.07, 6.45) is 2.96. The monoisotopic (exact) mass is 146 g/mol. The first-order valence-electron chi connectivity index (χ1n) is 4.52. The molecule has 0 rings (SSSR count). The van der Waals surface area contributed by atoms with Crippen LogP contribution in [0, 0.1) is 0 Å². The molecule has 0 fully saturated rings. The molecule has 0 unspecified atom stereocenters. The highest BCUT2D eigenvalue weighted by Gasteiger charge is 1.45. The van der Waals surface area contributed by atoms with E-state index in [1.807, 2.05) is 47.6 Å². The highest BCUT2D eigenvalue weighted by molar-refractivity contribution is 4.60. The molecule has 0 N–H and O–H groups in total. The predicted octanol–water partition coefficient (Wildman–Crippen LogP) is 4.66. The Bertz CT molecular complexity index is 14.0. The molecular weight excluding hydrogens is 120 g/mol. The number of hydrogen-bond acceptors (Lipinski definition) is 0. The van der Waals surface area contributed by atoms with Gasteiger partial charge in [0.1, 0.15) is 0 Å². The first-order chi connectivity index (χ1) is 4.91. The molecule has 0 heteroatoms. The molecule has 10 heavy (non-hydrogen) atoms. The number of hydrogen-bond donors (Lipinski definition) is 0. The SMILES string of the molecule is C=CCC.CC.CC.CC. The highest BCUT2D eigenvalue weighted by atomic mass is 13.5. The Morgan fingerprint density at radius 3 is 1.00 bits per heavy atom. The van der Waals surface area contributed by atoms with Gasteiger partial charge in [0.15, 0.2) is 0 Å². The minimum absolute atomic E-state index is 1.08. The molecular formula is C10H26. The highest BCUT2D eigenvalue weighted by Crippen LogP contribution is 1.66. The fourth-order valence-electron chi connectivity index (χ4n) is 0. The average Bonchev–Trinajstić information content (AvgIpc) is 2.14. The van der Waals surface area contributed by atoms with Crippen LogP contribution >= 0.6 is 0 Å². The molecule has 0 saturated carbocycles. The molecule has 0 aromatic rings. The Kier molecular flexibility index (Phi) is 391. The molecule has 0 aliphatic heterocycles. The van der Waals surface area contributed by atoms with Gasteiger partial charge in [0.05, 0.1) is 0 Å². The molecule has 0 nitrogen and oxygen atoms in total. The maximum Gasteiger partial charge on any atom is -0.0382 e. The minimum Gasteiger partial charge on any atom is -0.103 e. The van der Waals surface area contributed by atoms with Crippen LogP contribution < -0.4 is 0 Å². The molecule has 0 aromatic heterocycles. The van der Waals surface area contributed by atoms with E-state index >= 15 is 0 Å². The first kappa shape index (κ1) is 22.6. The Morgan fingerprint density at radius 2 is 1.00 bits per heavy atom. The van der Waals surface area contributed by atoms with Gasteiger partial charge in [0.25, 0.3) is 0 Å². The first-order valence-corrected chi connectivity index (χ1v) is 4.52. The van der Waals surface area contributed by atoms with Crippen LogP contribution in [0.1, 0.15) is 54.9 Å². The molecule has 0 spiro atoms. The summed E-state index contributed by atoms with van der Waals surface area (Å²) in [7, 11) is 0. The topological polar surface area (TPSA) is 0 Å². The van der Waals surface area contributed by atoms with Crippen LogP contribution in [0.25, 0.3) is 0 Å². The van der Waals surface area contributed by atoms with Gasteiger partial charge in [-0.15, -0.1) is 6.58 Å². The zero-order valence-corrected chi connectivity index (χ0v) is 8.99. The second-order valence-corrected chi connectivity index (χ2v) is 0.697. The van der Waals surface area contributed by atoms with E-state index < -0.39 is 0 Å². The van der Waals surface area contributed by atoms with Crippen LogP contribution in [0.15, 0.2) is 12.7 Å². The van der Waals surface area contributed by atoms with Gasteiger partial charge in [-0.05, 0) is 6.42 Å². The second-order valence-electron chi connectivity index (χ2n) is 0.697. The third-order valence-electron chi connectivity index (χ3n) is 0.289. The third-order valence-corrected chi connectivity index (χ3v) is 0.289. The average molecular weight is 146 g/mol. The van der Waals surface area contributed by atoms with E-state index in [0.29, 0.717) is 0 Å². The van der Waals surface area contributed by atoms with E-state index in [0.717, 1.165) is 6.42 Å². The van der Waals surface area contributed by atoms with Crippen LogP contribution in [-0.2, 0) is 0 Å². The van der Waals surface area contributed by atoms with E-state index in [2.05, 4.69) is 13.5 Å². The Labute approximate surface area is 68.4 Å². The van der Waals surface area contributed by atoms with Gasteiger partial charge in [-0.25, -0.2) is 0 Å². The fraction of sp³-hybridized carbons (Fsp3) is 0.800. The standard InChI is InChI=1S/C4H8.3C2H6/c1-3-4-2;3*1-2/h3H,1,4H2,2H3;3*1-2H3. The van der Waals surface area contributed by atoms with Crippen molar-refractivity contribution in [1.82, 2.24) is 0 Å². The Hall–Kier alpha value is -0.260. The molecule has 0 aliphatic rings. The van der Waals surface area contributed by atoms with Crippen LogP contribution in [0.2, 0.25) is 0 Å². The lowest BCUT2D eigenvalue weighted by atomic mass is 10.5. The molecule has 66 valence electrons. The molecule has 0 radical (unpaired) electrons. The van der Waals surface area contributed by atoms with Crippen molar-refractivity contribution in [2.45, 2.75) is 54.9 Å². The largest absolute Gasteiger partial charge is 0.103 e. The van der Waals surface area contributed by atoms with Gasteiger partial charge < -0.3 is 0 Å². The van der Waals surface area contributed by atoms with Crippen LogP contribution in [0.5, 0.6) is 0 Å². The quantitative estimate of drug-likeness (QED) is 0.472. The van der Waals surface area contributed by atoms with Crippen molar-refractivity contribution in [1.29, 1.82) is 0 Å². The van der Waals surface area contributed by atoms with E-state index in [4.69, 9.17) is 0 Å². The van der Waals surface area contributed by atoms with E-state index in [-0.39, 0.29) is 0 Å². The van der Waals surface area contributed by atoms with Crippen molar-refractivity contribution >= 4 is 0 Å². The van der Waals surface area contributed by atoms with Gasteiger partial charge in [-0.3, -0.25) is 0 Å². The van der Waals surface area contributed by atoms with Crippen LogP contribution in [0.4, 0.5) is 0 Å². The molecule has 0 atom stereocenters. The normalized spacial score (nSPS) is 4.30. The van der Waals surface area contributed by atoms with Crippen LogP contribution in [0.3, 0.4) is 0 Å². The lowest BCUT2D eigenvalue weighted by Gasteiger charge is -1.57. The van der Waals surface area contributed by atoms with Crippen molar-refractivity contribution in [3.05, 3.63) is 12.7 Å². The summed E-state index contributed by atoms with van der Waals surface area (Å²) in [5.74, 6) is 0. The lowest BCUT2D eigenvalue weighted by molar-refractivity contribution is 1.23. The summed E-state index contributed by atoms with van der Waals surface area (Å²) < 4.78 is 0. The molecule has 0 saturated heterocycles. The van der Waals surface area contributed by atoms with Gasteiger partial charge in [-0.2, -0.15) is 0 Å². The Morgan fingerprint density at radius 1 is 0.900 bits per heavy atom. The molecule has 0 bridgehead atoms. The molecule has 0 heterocycles. The zero-order chi connectivity index (χ0) is 9.41. The van der Waals surface area contributed by atoms with E-state index in [1.165, 1.54) is 0 Å². The van der Waals surface area contributed by atoms with E-state index in [1.54, 1.807) is 0 Å². The third kappa shape index (κ3) is 642. The van der Waals surface area contributed by atoms with Gasteiger partial charge in [0.2, 0.25) is 0 Å². The summed E-state index contributed by atoms with van der Waals surface area (Å²) in [6, 6.07) is 0. The van der Waals surface area contributed by atoms with E-state index in [9.17, 15) is 0 Å². The van der Waals surface area contributed by atoms with Crippen molar-refractivity contribution in [2.24, 2.45) is 0 Å². The summed E-state index contributed by atoms with van der Waals surface area (Å²) >= 11 is 0. The van der Waals surface area contributed by atoms with Gasteiger partial charge in [0, 0.05) is 0 Å². The predicted molar refractivity (Wildman–Crippen MR) is 54.5 cm³/mol. The zero-order valence-electron chi connectivity index (χ0n) is 8.99. The summed E-state index contributed by atoms with van der Waals surface area (Å²) in [5, 5.41) is 0. The van der Waals surface area contributed by atoms with Gasteiger partial charge in [-0.1, -0.05) is 54.5 Å². The lowest BCUT2D eigenvalue weighted by Crippen LogP contribution is -1.36. The summed E-state index contributed by atoms with van der Waals surface area (Å²) in [6.45, 7) is 17.5. The molecule has 0 amide bonds. The smallest absolute Gasteiger partial charge is 0.0382 e. The number of rotatable bonds is 1. The van der Waals surface area contributed by atoms with Crippen molar-refractivity contribution < 1.29 is 0 Å².